The van der Waals surface area contributed by atoms with E-state index in [1.165, 1.54) is 24.2 Å². The zero-order valence-corrected chi connectivity index (χ0v) is 14.3. The topological polar surface area (TPSA) is 59.9 Å². The molecule has 0 saturated carbocycles. The minimum absolute atomic E-state index is 0.182. The molecule has 0 aliphatic rings. The molecule has 0 saturated heterocycles. The van der Waals surface area contributed by atoms with Crippen molar-refractivity contribution in [3.8, 4) is 0 Å². The van der Waals surface area contributed by atoms with Crippen molar-refractivity contribution in [2.45, 2.75) is 39.5 Å². The maximum atomic E-state index is 12.0. The number of nitrogens with zero attached hydrogens (tertiary/aromatic N) is 1. The van der Waals surface area contributed by atoms with Crippen LogP contribution in [0.5, 0.6) is 0 Å². The molecule has 1 N–H and O–H groups in total. The molecule has 0 atom stereocenters. The summed E-state index contributed by atoms with van der Waals surface area (Å²) in [5, 5.41) is 4.60. The highest BCUT2D eigenvalue weighted by atomic mass is 32.1. The van der Waals surface area contributed by atoms with Crippen molar-refractivity contribution in [3.05, 3.63) is 22.4 Å². The number of hydrogen-bond donors (Lipinski definition) is 1. The van der Waals surface area contributed by atoms with Crippen LogP contribution in [0.2, 0.25) is 0 Å². The van der Waals surface area contributed by atoms with Crippen molar-refractivity contribution in [1.82, 2.24) is 5.32 Å². The van der Waals surface area contributed by atoms with Crippen molar-refractivity contribution >= 4 is 23.3 Å². The number of rotatable bonds is 10. The normalized spacial score (nSPS) is 11.5. The molecule has 0 fully saturated rings. The molecule has 22 heavy (non-hydrogen) atoms. The van der Waals surface area contributed by atoms with Crippen LogP contribution in [0.25, 0.3) is 0 Å². The van der Waals surface area contributed by atoms with Crippen molar-refractivity contribution in [2.75, 3.05) is 26.4 Å². The van der Waals surface area contributed by atoms with Crippen molar-refractivity contribution < 1.29 is 14.3 Å². The second-order valence-electron chi connectivity index (χ2n) is 4.72. The fourth-order valence-corrected chi connectivity index (χ4v) is 2.37. The van der Waals surface area contributed by atoms with Crippen LogP contribution in [0, 0.1) is 0 Å². The molecule has 1 amide bonds. The molecule has 0 aromatic carbocycles. The lowest BCUT2D eigenvalue weighted by Gasteiger charge is -2.10. The van der Waals surface area contributed by atoms with Gasteiger partial charge in [0.1, 0.15) is 6.61 Å². The van der Waals surface area contributed by atoms with E-state index in [0.717, 1.165) is 12.8 Å². The number of unbranched alkanes of at least 4 members (excludes halogenated alkanes) is 3. The lowest BCUT2D eigenvalue weighted by atomic mass is 10.2. The van der Waals surface area contributed by atoms with E-state index >= 15 is 0 Å². The number of hydrogen-bond acceptors (Lipinski definition) is 5. The van der Waals surface area contributed by atoms with Crippen LogP contribution < -0.4 is 5.32 Å². The van der Waals surface area contributed by atoms with Crippen LogP contribution in [0.3, 0.4) is 0 Å². The van der Waals surface area contributed by atoms with Crippen LogP contribution >= 0.6 is 11.3 Å². The lowest BCUT2D eigenvalue weighted by Crippen LogP contribution is -2.33. The molecule has 5 nitrogen and oxygen atoms in total. The van der Waals surface area contributed by atoms with E-state index in [9.17, 15) is 4.79 Å². The number of nitrogens with one attached hydrogen (secondary N) is 1. The van der Waals surface area contributed by atoms with Crippen molar-refractivity contribution in [3.63, 3.8) is 0 Å². The Labute approximate surface area is 136 Å². The molecule has 1 aromatic heterocycles. The number of ether oxygens (including phenoxy) is 2. The van der Waals surface area contributed by atoms with E-state index < -0.39 is 0 Å². The van der Waals surface area contributed by atoms with Gasteiger partial charge in [0.05, 0.1) is 11.5 Å². The summed E-state index contributed by atoms with van der Waals surface area (Å²) in [7, 11) is 0. The zero-order valence-electron chi connectivity index (χ0n) is 13.5. The van der Waals surface area contributed by atoms with Crippen molar-refractivity contribution in [1.29, 1.82) is 0 Å². The Morgan fingerprint density at radius 2 is 2.14 bits per heavy atom. The van der Waals surface area contributed by atoms with E-state index in [2.05, 4.69) is 17.2 Å². The molecule has 1 heterocycles. The fraction of sp³-hybridized carbons (Fsp3) is 0.625. The highest BCUT2D eigenvalue weighted by molar-refractivity contribution is 7.12. The number of carbonyl (C=O) groups is 1. The van der Waals surface area contributed by atoms with Gasteiger partial charge >= 0.3 is 0 Å². The number of aliphatic imine (C=N–C) groups is 1. The maximum Gasteiger partial charge on any atom is 0.291 e. The molecule has 1 rings (SSSR count). The van der Waals surface area contributed by atoms with Gasteiger partial charge in [-0.15, -0.1) is 11.3 Å². The Balaban J connectivity index is 2.45. The van der Waals surface area contributed by atoms with Crippen LogP contribution in [0.1, 0.15) is 49.2 Å². The smallest absolute Gasteiger partial charge is 0.291 e. The summed E-state index contributed by atoms with van der Waals surface area (Å²) in [6.45, 7) is 6.28. The summed E-state index contributed by atoms with van der Waals surface area (Å²) in [6.07, 6.45) is 4.54. The van der Waals surface area contributed by atoms with Gasteiger partial charge < -0.3 is 9.47 Å². The largest absolute Gasteiger partial charge is 0.463 e. The molecule has 124 valence electrons. The monoisotopic (exact) mass is 326 g/mol. The minimum Gasteiger partial charge on any atom is -0.463 e. The third-order valence-electron chi connectivity index (χ3n) is 2.90. The van der Waals surface area contributed by atoms with E-state index in [4.69, 9.17) is 9.47 Å². The van der Waals surface area contributed by atoms with Gasteiger partial charge in [0, 0.05) is 13.2 Å². The first kappa shape index (κ1) is 18.6. The van der Waals surface area contributed by atoms with Gasteiger partial charge in [-0.1, -0.05) is 32.3 Å². The van der Waals surface area contributed by atoms with Gasteiger partial charge in [0.15, 0.2) is 0 Å². The molecule has 6 heteroatoms. The van der Waals surface area contributed by atoms with E-state index in [0.29, 0.717) is 31.2 Å². The summed E-state index contributed by atoms with van der Waals surface area (Å²) in [5.41, 5.74) is 0. The van der Waals surface area contributed by atoms with Gasteiger partial charge in [-0.25, -0.2) is 4.99 Å². The predicted octanol–water partition coefficient (Wildman–Crippen LogP) is 3.47. The summed E-state index contributed by atoms with van der Waals surface area (Å²) < 4.78 is 10.7. The number of amides is 1. The van der Waals surface area contributed by atoms with Gasteiger partial charge in [0.2, 0.25) is 0 Å². The van der Waals surface area contributed by atoms with Crippen LogP contribution in [0.15, 0.2) is 22.5 Å². The summed E-state index contributed by atoms with van der Waals surface area (Å²) >= 11 is 1.39. The molecular weight excluding hydrogens is 300 g/mol. The second kappa shape index (κ2) is 12.2. The molecule has 0 radical (unpaired) electrons. The lowest BCUT2D eigenvalue weighted by molar-refractivity contribution is 0.0925. The Hall–Kier alpha value is -1.40. The molecule has 0 bridgehead atoms. The van der Waals surface area contributed by atoms with Gasteiger partial charge in [-0.3, -0.25) is 10.1 Å². The van der Waals surface area contributed by atoms with Crippen molar-refractivity contribution in [2.24, 2.45) is 4.99 Å². The molecule has 0 unspecified atom stereocenters. The standard InChI is InChI=1S/C16H26N2O3S/c1-3-5-6-7-10-17-16(21-12-11-20-4-2)18-15(19)14-9-8-13-22-14/h8-9,13H,3-7,10-12H2,1-2H3,(H,17,18,19). The molecule has 1 aromatic rings. The first-order valence-corrected chi connectivity index (χ1v) is 8.75. The van der Waals surface area contributed by atoms with Gasteiger partial charge in [-0.2, -0.15) is 0 Å². The first-order chi connectivity index (χ1) is 10.8. The molecule has 0 spiro atoms. The van der Waals surface area contributed by atoms with Crippen LogP contribution in [-0.2, 0) is 9.47 Å². The highest BCUT2D eigenvalue weighted by Crippen LogP contribution is 2.07. The molecule has 0 aliphatic carbocycles. The number of carbonyl (C=O) groups excluding carboxylic acids is 1. The third-order valence-corrected chi connectivity index (χ3v) is 3.77. The molecular formula is C16H26N2O3S. The first-order valence-electron chi connectivity index (χ1n) is 7.87. The number of thiophene rings is 1. The zero-order chi connectivity index (χ0) is 16.0. The van der Waals surface area contributed by atoms with Gasteiger partial charge in [0.25, 0.3) is 11.9 Å². The summed E-state index contributed by atoms with van der Waals surface area (Å²) in [5.74, 6) is -0.182. The van der Waals surface area contributed by atoms with E-state index in [1.807, 2.05) is 18.4 Å². The maximum absolute atomic E-state index is 12.0. The van der Waals surface area contributed by atoms with Gasteiger partial charge in [-0.05, 0) is 24.8 Å². The Morgan fingerprint density at radius 3 is 2.82 bits per heavy atom. The summed E-state index contributed by atoms with van der Waals surface area (Å²) in [4.78, 5) is 17.0. The molecule has 0 aliphatic heterocycles. The Morgan fingerprint density at radius 1 is 1.27 bits per heavy atom. The minimum atomic E-state index is -0.182. The average molecular weight is 326 g/mol. The summed E-state index contributed by atoms with van der Waals surface area (Å²) in [6, 6.07) is 3.91. The van der Waals surface area contributed by atoms with Crippen LogP contribution in [-0.4, -0.2) is 38.3 Å². The van der Waals surface area contributed by atoms with Crippen LogP contribution in [0.4, 0.5) is 0 Å². The average Bonchev–Trinajstić information content (AvgIpc) is 3.05. The van der Waals surface area contributed by atoms with E-state index in [-0.39, 0.29) is 11.9 Å². The van der Waals surface area contributed by atoms with E-state index in [1.54, 1.807) is 6.07 Å². The number of amidine groups is 1. The fourth-order valence-electron chi connectivity index (χ4n) is 1.75. The quantitative estimate of drug-likeness (QED) is 0.407. The third kappa shape index (κ3) is 8.14. The Kier molecular flexibility index (Phi) is 10.3. The SMILES string of the molecule is CCCCCCN=C(NC(=O)c1cccs1)OCCOCC. The second-order valence-corrected chi connectivity index (χ2v) is 5.67. The predicted molar refractivity (Wildman–Crippen MR) is 90.7 cm³/mol. The highest BCUT2D eigenvalue weighted by Gasteiger charge is 2.10. The Bertz CT molecular complexity index is 433.